The van der Waals surface area contributed by atoms with Crippen LogP contribution in [0, 0.1) is 18.8 Å². The minimum atomic E-state index is -0.392. The summed E-state index contributed by atoms with van der Waals surface area (Å²) in [6, 6.07) is 7.14. The molecule has 1 fully saturated rings. The average molecular weight is 449 g/mol. The van der Waals surface area contributed by atoms with Crippen LogP contribution in [0.1, 0.15) is 63.5 Å². The number of nitrogens with zero attached hydrogens (tertiary/aromatic N) is 3. The highest BCUT2D eigenvalue weighted by Crippen LogP contribution is 2.29. The van der Waals surface area contributed by atoms with E-state index < -0.39 is 5.97 Å². The van der Waals surface area contributed by atoms with Gasteiger partial charge >= 0.3 is 5.97 Å². The van der Waals surface area contributed by atoms with Gasteiger partial charge in [-0.15, -0.1) is 0 Å². The van der Waals surface area contributed by atoms with Crippen LogP contribution in [0.2, 0.25) is 0 Å². The number of nitrogens with one attached hydrogen (secondary N) is 1. The third-order valence-corrected chi connectivity index (χ3v) is 5.63. The molecular weight excluding hydrogens is 420 g/mol. The number of aromatic nitrogens is 2. The second kappa shape index (κ2) is 11.2. The number of esters is 1. The van der Waals surface area contributed by atoms with Gasteiger partial charge in [0.25, 0.3) is 11.8 Å². The topological polar surface area (TPSA) is 101 Å². The van der Waals surface area contributed by atoms with Gasteiger partial charge in [0, 0.05) is 31.7 Å². The zero-order chi connectivity index (χ0) is 23.8. The number of likely N-dealkylation sites (tertiary alicyclic amines) is 1. The molecule has 1 saturated heterocycles. The summed E-state index contributed by atoms with van der Waals surface area (Å²) in [4.78, 5) is 47.2. The monoisotopic (exact) mass is 448 g/mol. The number of carbonyl (C=O) groups is 3. The van der Waals surface area contributed by atoms with Crippen molar-refractivity contribution in [3.05, 3.63) is 58.7 Å². The molecule has 0 atom stereocenters. The molecule has 0 saturated carbocycles. The van der Waals surface area contributed by atoms with Crippen molar-refractivity contribution in [2.75, 3.05) is 26.7 Å². The van der Waals surface area contributed by atoms with Crippen molar-refractivity contribution in [1.82, 2.24) is 20.2 Å². The van der Waals surface area contributed by atoms with Crippen LogP contribution in [0.5, 0.6) is 0 Å². The van der Waals surface area contributed by atoms with Crippen LogP contribution in [0.4, 0.5) is 0 Å². The molecule has 8 heteroatoms. The lowest BCUT2D eigenvalue weighted by molar-refractivity contribution is -0.126. The van der Waals surface area contributed by atoms with Gasteiger partial charge in [0.2, 0.25) is 0 Å². The number of hydrogen-bond donors (Lipinski definition) is 1. The summed E-state index contributed by atoms with van der Waals surface area (Å²) >= 11 is 0. The Morgan fingerprint density at radius 3 is 2.70 bits per heavy atom. The Morgan fingerprint density at radius 2 is 2.00 bits per heavy atom. The Kier molecular flexibility index (Phi) is 8.14. The van der Waals surface area contributed by atoms with E-state index in [4.69, 9.17) is 4.74 Å². The van der Waals surface area contributed by atoms with Crippen LogP contribution < -0.4 is 5.32 Å². The van der Waals surface area contributed by atoms with E-state index in [0.29, 0.717) is 55.8 Å². The minimum Gasteiger partial charge on any atom is -0.465 e. The van der Waals surface area contributed by atoms with Crippen molar-refractivity contribution in [2.45, 2.75) is 39.0 Å². The molecule has 0 bridgehead atoms. The number of piperidine rings is 1. The fraction of sp³-hybridized carbons (Fsp3) is 0.400. The van der Waals surface area contributed by atoms with Gasteiger partial charge in [-0.25, -0.2) is 14.8 Å². The summed E-state index contributed by atoms with van der Waals surface area (Å²) in [6.45, 7) is 5.01. The predicted molar refractivity (Wildman–Crippen MR) is 123 cm³/mol. The lowest BCUT2D eigenvalue weighted by Gasteiger charge is -2.31. The van der Waals surface area contributed by atoms with E-state index in [-0.39, 0.29) is 17.7 Å². The van der Waals surface area contributed by atoms with Gasteiger partial charge in [-0.1, -0.05) is 18.1 Å². The summed E-state index contributed by atoms with van der Waals surface area (Å²) < 4.78 is 4.75. The van der Waals surface area contributed by atoms with Crippen LogP contribution in [0.3, 0.4) is 0 Å². The van der Waals surface area contributed by atoms with Gasteiger partial charge in [-0.3, -0.25) is 9.59 Å². The molecule has 0 radical (unpaired) electrons. The largest absolute Gasteiger partial charge is 0.465 e. The van der Waals surface area contributed by atoms with E-state index in [1.165, 1.54) is 7.11 Å². The summed E-state index contributed by atoms with van der Waals surface area (Å²) in [5.41, 5.74) is 2.58. The number of aryl methyl sites for hydroxylation is 1. The van der Waals surface area contributed by atoms with Gasteiger partial charge < -0.3 is 15.0 Å². The number of amides is 2. The van der Waals surface area contributed by atoms with Crippen LogP contribution >= 0.6 is 0 Å². The Hall–Kier alpha value is -3.73. The van der Waals surface area contributed by atoms with Crippen LogP contribution in [0.25, 0.3) is 0 Å². The van der Waals surface area contributed by atoms with E-state index in [1.807, 2.05) is 6.07 Å². The molecule has 1 aromatic carbocycles. The maximum atomic E-state index is 12.9. The molecule has 1 N–H and O–H groups in total. The molecule has 8 nitrogen and oxygen atoms in total. The van der Waals surface area contributed by atoms with Gasteiger partial charge in [-0.05, 0) is 56.7 Å². The molecule has 2 amide bonds. The molecule has 1 aliphatic rings. The van der Waals surface area contributed by atoms with Gasteiger partial charge in [0.05, 0.1) is 23.9 Å². The molecular formula is C25H28N4O4. The number of ether oxygens (including phenoxy) is 1. The fourth-order valence-electron chi connectivity index (χ4n) is 3.90. The first-order valence-electron chi connectivity index (χ1n) is 10.9. The molecule has 0 spiro atoms. The summed E-state index contributed by atoms with van der Waals surface area (Å²) in [7, 11) is 1.34. The van der Waals surface area contributed by atoms with Crippen molar-refractivity contribution in [2.24, 2.45) is 0 Å². The van der Waals surface area contributed by atoms with E-state index in [2.05, 4.69) is 27.1 Å². The van der Waals surface area contributed by atoms with E-state index in [9.17, 15) is 14.4 Å². The SMILES string of the molecule is CC#CC(=O)N1CCC(c2nc(C)ncc2C(=O)NCCc2cccc(C(=O)OC)c2)CC1. The Balaban J connectivity index is 1.64. The third-order valence-electron chi connectivity index (χ3n) is 5.63. The van der Waals surface area contributed by atoms with Gasteiger partial charge in [-0.2, -0.15) is 0 Å². The summed E-state index contributed by atoms with van der Waals surface area (Å²) in [5, 5.41) is 2.93. The van der Waals surface area contributed by atoms with Crippen molar-refractivity contribution < 1.29 is 19.1 Å². The van der Waals surface area contributed by atoms with Gasteiger partial charge in [0.15, 0.2) is 0 Å². The molecule has 3 rings (SSSR count). The summed E-state index contributed by atoms with van der Waals surface area (Å²) in [6.07, 6.45) is 3.57. The molecule has 1 aliphatic heterocycles. The van der Waals surface area contributed by atoms with Crippen LogP contribution in [-0.4, -0.2) is 59.4 Å². The van der Waals surface area contributed by atoms with Crippen LogP contribution in [-0.2, 0) is 16.0 Å². The zero-order valence-electron chi connectivity index (χ0n) is 19.2. The summed E-state index contributed by atoms with van der Waals surface area (Å²) in [5.74, 6) is 5.12. The lowest BCUT2D eigenvalue weighted by atomic mass is 9.90. The second-order valence-corrected chi connectivity index (χ2v) is 7.86. The Bertz CT molecular complexity index is 1100. The fourth-order valence-corrected chi connectivity index (χ4v) is 3.90. The Morgan fingerprint density at radius 1 is 1.24 bits per heavy atom. The lowest BCUT2D eigenvalue weighted by Crippen LogP contribution is -2.38. The first kappa shape index (κ1) is 23.9. The number of rotatable bonds is 6. The smallest absolute Gasteiger partial charge is 0.337 e. The number of methoxy groups -OCH3 is 1. The van der Waals surface area contributed by atoms with Crippen molar-refractivity contribution >= 4 is 17.8 Å². The highest BCUT2D eigenvalue weighted by Gasteiger charge is 2.27. The quantitative estimate of drug-likeness (QED) is 0.537. The normalized spacial score (nSPS) is 13.6. The minimum absolute atomic E-state index is 0.0721. The number of benzene rings is 1. The van der Waals surface area contributed by atoms with Crippen molar-refractivity contribution in [3.63, 3.8) is 0 Å². The van der Waals surface area contributed by atoms with E-state index >= 15 is 0 Å². The van der Waals surface area contributed by atoms with Crippen molar-refractivity contribution in [1.29, 1.82) is 0 Å². The average Bonchev–Trinajstić information content (AvgIpc) is 2.83. The molecule has 172 valence electrons. The van der Waals surface area contributed by atoms with E-state index in [1.54, 1.807) is 43.1 Å². The molecule has 1 aromatic heterocycles. The molecule has 2 aromatic rings. The molecule has 0 unspecified atom stereocenters. The van der Waals surface area contributed by atoms with Crippen molar-refractivity contribution in [3.8, 4) is 11.8 Å². The maximum absolute atomic E-state index is 12.9. The second-order valence-electron chi connectivity index (χ2n) is 7.86. The molecule has 0 aliphatic carbocycles. The third kappa shape index (κ3) is 6.16. The zero-order valence-corrected chi connectivity index (χ0v) is 19.2. The first-order chi connectivity index (χ1) is 15.9. The molecule has 2 heterocycles. The standard InChI is InChI=1S/C25H28N4O4/c1-4-6-22(30)29-13-10-19(11-14-29)23-21(16-27-17(2)28-23)24(31)26-12-9-18-7-5-8-20(15-18)25(32)33-3/h5,7-8,15-16,19H,9-14H2,1-3H3,(H,26,31). The van der Waals surface area contributed by atoms with E-state index in [0.717, 1.165) is 11.3 Å². The maximum Gasteiger partial charge on any atom is 0.337 e. The number of hydrogen-bond acceptors (Lipinski definition) is 6. The highest BCUT2D eigenvalue weighted by atomic mass is 16.5. The Labute approximate surface area is 193 Å². The highest BCUT2D eigenvalue weighted by molar-refractivity contribution is 5.95. The molecule has 33 heavy (non-hydrogen) atoms. The number of carbonyl (C=O) groups excluding carboxylic acids is 3. The predicted octanol–water partition coefficient (Wildman–Crippen LogP) is 2.27. The van der Waals surface area contributed by atoms with Gasteiger partial charge in [0.1, 0.15) is 5.82 Å². The van der Waals surface area contributed by atoms with Crippen LogP contribution in [0.15, 0.2) is 30.5 Å². The first-order valence-corrected chi connectivity index (χ1v) is 10.9.